The highest BCUT2D eigenvalue weighted by atomic mass is 79.9. The van der Waals surface area contributed by atoms with Gasteiger partial charge in [0.1, 0.15) is 0 Å². The number of hydrogen-bond acceptors (Lipinski definition) is 4. The van der Waals surface area contributed by atoms with Crippen molar-refractivity contribution in [2.45, 2.75) is 18.2 Å². The summed E-state index contributed by atoms with van der Waals surface area (Å²) in [4.78, 5) is 15.5. The number of benzene rings is 1. The molecular formula is C16H25BrClN3OS. The van der Waals surface area contributed by atoms with Crippen molar-refractivity contribution in [1.82, 2.24) is 15.5 Å². The highest BCUT2D eigenvalue weighted by Gasteiger charge is 2.09. The second-order valence-corrected chi connectivity index (χ2v) is 7.43. The van der Waals surface area contributed by atoms with Gasteiger partial charge in [-0.2, -0.15) is 0 Å². The molecule has 0 radical (unpaired) electrons. The first-order chi connectivity index (χ1) is 10.6. The van der Waals surface area contributed by atoms with Crippen molar-refractivity contribution in [2.75, 3.05) is 45.0 Å². The lowest BCUT2D eigenvalue weighted by molar-refractivity contribution is -0.118. The number of thioether (sulfide) groups is 1. The van der Waals surface area contributed by atoms with Gasteiger partial charge in [-0.25, -0.2) is 0 Å². The van der Waals surface area contributed by atoms with E-state index in [2.05, 4.69) is 50.5 Å². The molecule has 0 bridgehead atoms. The van der Waals surface area contributed by atoms with E-state index in [1.807, 2.05) is 6.07 Å². The smallest absolute Gasteiger partial charge is 0.230 e. The van der Waals surface area contributed by atoms with Crippen molar-refractivity contribution < 1.29 is 4.79 Å². The van der Waals surface area contributed by atoms with Gasteiger partial charge >= 0.3 is 0 Å². The summed E-state index contributed by atoms with van der Waals surface area (Å²) in [5.41, 5.74) is 1.20. The minimum Gasteiger partial charge on any atom is -0.355 e. The van der Waals surface area contributed by atoms with E-state index in [1.54, 1.807) is 11.8 Å². The van der Waals surface area contributed by atoms with Crippen LogP contribution >= 0.6 is 40.1 Å². The molecule has 0 aromatic heterocycles. The molecule has 1 aromatic rings. The van der Waals surface area contributed by atoms with Crippen LogP contribution in [-0.2, 0) is 4.79 Å². The number of carbonyl (C=O) groups is 1. The Morgan fingerprint density at radius 1 is 1.39 bits per heavy atom. The molecule has 1 aliphatic rings. The molecule has 4 nitrogen and oxygen atoms in total. The molecule has 1 aromatic carbocycles. The molecule has 0 saturated carbocycles. The highest BCUT2D eigenvalue weighted by molar-refractivity contribution is 9.10. The van der Waals surface area contributed by atoms with E-state index in [-0.39, 0.29) is 18.3 Å². The fourth-order valence-electron chi connectivity index (χ4n) is 2.43. The fraction of sp³-hybridized carbons (Fsp3) is 0.562. The second kappa shape index (κ2) is 11.3. The Balaban J connectivity index is 0.00000264. The standard InChI is InChI=1S/C16H24BrN3OS.ClH/c1-13-11-14(17)3-4-15(13)22-12-16(21)19-5-2-8-20-9-6-18-7-10-20;/h3-4,11,18H,2,5-10,12H2,1H3,(H,19,21);1H. The number of nitrogens with zero attached hydrogens (tertiary/aromatic N) is 1. The zero-order chi connectivity index (χ0) is 15.8. The van der Waals surface area contributed by atoms with Crippen molar-refractivity contribution >= 4 is 46.0 Å². The van der Waals surface area contributed by atoms with E-state index in [0.29, 0.717) is 5.75 Å². The first-order valence-corrected chi connectivity index (χ1v) is 9.52. The van der Waals surface area contributed by atoms with Gasteiger partial charge in [0.25, 0.3) is 0 Å². The molecule has 130 valence electrons. The Morgan fingerprint density at radius 3 is 2.83 bits per heavy atom. The topological polar surface area (TPSA) is 44.4 Å². The van der Waals surface area contributed by atoms with Crippen LogP contribution in [0.2, 0.25) is 0 Å². The Hall–Kier alpha value is -0.270. The molecular weight excluding hydrogens is 398 g/mol. The van der Waals surface area contributed by atoms with Gasteiger partial charge in [-0.3, -0.25) is 4.79 Å². The number of amides is 1. The van der Waals surface area contributed by atoms with Crippen molar-refractivity contribution in [3.05, 3.63) is 28.2 Å². The van der Waals surface area contributed by atoms with E-state index in [9.17, 15) is 4.79 Å². The summed E-state index contributed by atoms with van der Waals surface area (Å²) < 4.78 is 1.08. The number of rotatable bonds is 7. The first kappa shape index (κ1) is 20.8. The molecule has 7 heteroatoms. The number of hydrogen-bond donors (Lipinski definition) is 2. The van der Waals surface area contributed by atoms with Gasteiger partial charge in [0, 0.05) is 42.1 Å². The van der Waals surface area contributed by atoms with E-state index in [0.717, 1.165) is 50.2 Å². The van der Waals surface area contributed by atoms with Crippen LogP contribution in [0.15, 0.2) is 27.6 Å². The highest BCUT2D eigenvalue weighted by Crippen LogP contribution is 2.24. The van der Waals surface area contributed by atoms with Gasteiger partial charge in [0.2, 0.25) is 5.91 Å². The zero-order valence-corrected chi connectivity index (χ0v) is 16.7. The molecule has 0 atom stereocenters. The molecule has 0 unspecified atom stereocenters. The van der Waals surface area contributed by atoms with Crippen molar-refractivity contribution in [2.24, 2.45) is 0 Å². The number of aryl methyl sites for hydroxylation is 1. The number of carbonyl (C=O) groups excluding carboxylic acids is 1. The zero-order valence-electron chi connectivity index (χ0n) is 13.4. The lowest BCUT2D eigenvalue weighted by atomic mass is 10.2. The van der Waals surface area contributed by atoms with Gasteiger partial charge in [-0.1, -0.05) is 15.9 Å². The van der Waals surface area contributed by atoms with E-state index in [4.69, 9.17) is 0 Å². The summed E-state index contributed by atoms with van der Waals surface area (Å²) >= 11 is 5.05. The summed E-state index contributed by atoms with van der Waals surface area (Å²) in [6.07, 6.45) is 1.02. The molecule has 1 saturated heterocycles. The van der Waals surface area contributed by atoms with Gasteiger partial charge in [-0.15, -0.1) is 24.2 Å². The third-order valence-corrected chi connectivity index (χ3v) is 5.35. The predicted octanol–water partition coefficient (Wildman–Crippen LogP) is 2.68. The molecule has 2 rings (SSSR count). The first-order valence-electron chi connectivity index (χ1n) is 7.74. The summed E-state index contributed by atoms with van der Waals surface area (Å²) in [6.45, 7) is 8.30. The van der Waals surface area contributed by atoms with Crippen LogP contribution in [0.25, 0.3) is 0 Å². The maximum Gasteiger partial charge on any atom is 0.230 e. The molecule has 2 N–H and O–H groups in total. The maximum atomic E-state index is 11.9. The minimum atomic E-state index is 0. The predicted molar refractivity (Wildman–Crippen MR) is 104 cm³/mol. The van der Waals surface area contributed by atoms with Crippen molar-refractivity contribution in [3.63, 3.8) is 0 Å². The Kier molecular flexibility index (Phi) is 10.2. The number of nitrogens with one attached hydrogen (secondary N) is 2. The SMILES string of the molecule is Cc1cc(Br)ccc1SCC(=O)NCCCN1CCNCC1.Cl. The average Bonchev–Trinajstić information content (AvgIpc) is 2.52. The molecule has 1 fully saturated rings. The van der Waals surface area contributed by atoms with Gasteiger partial charge in [-0.05, 0) is 43.7 Å². The van der Waals surface area contributed by atoms with Crippen LogP contribution in [-0.4, -0.2) is 55.8 Å². The second-order valence-electron chi connectivity index (χ2n) is 5.49. The largest absolute Gasteiger partial charge is 0.355 e. The molecule has 1 aliphatic heterocycles. The van der Waals surface area contributed by atoms with E-state index >= 15 is 0 Å². The summed E-state index contributed by atoms with van der Waals surface area (Å²) in [7, 11) is 0. The summed E-state index contributed by atoms with van der Waals surface area (Å²) in [5, 5.41) is 6.36. The lowest BCUT2D eigenvalue weighted by Gasteiger charge is -2.27. The maximum absolute atomic E-state index is 11.9. The molecule has 0 aliphatic carbocycles. The van der Waals surface area contributed by atoms with Crippen LogP contribution in [0, 0.1) is 6.92 Å². The van der Waals surface area contributed by atoms with Gasteiger partial charge in [0.05, 0.1) is 5.75 Å². The van der Waals surface area contributed by atoms with Crippen LogP contribution in [0.5, 0.6) is 0 Å². The number of piperazine rings is 1. The fourth-order valence-corrected chi connectivity index (χ4v) is 3.75. The van der Waals surface area contributed by atoms with E-state index < -0.39 is 0 Å². The average molecular weight is 423 g/mol. The van der Waals surface area contributed by atoms with Crippen LogP contribution < -0.4 is 10.6 Å². The molecule has 0 spiro atoms. The Morgan fingerprint density at radius 2 is 2.13 bits per heavy atom. The monoisotopic (exact) mass is 421 g/mol. The third-order valence-electron chi connectivity index (χ3n) is 3.68. The van der Waals surface area contributed by atoms with Crippen LogP contribution in [0.3, 0.4) is 0 Å². The minimum absolute atomic E-state index is 0. The quantitative estimate of drug-likeness (QED) is 0.524. The van der Waals surface area contributed by atoms with Crippen LogP contribution in [0.4, 0.5) is 0 Å². The normalized spacial score (nSPS) is 15.0. The van der Waals surface area contributed by atoms with Gasteiger partial charge < -0.3 is 15.5 Å². The van der Waals surface area contributed by atoms with E-state index in [1.165, 1.54) is 10.5 Å². The molecule has 1 amide bonds. The molecule has 23 heavy (non-hydrogen) atoms. The van der Waals surface area contributed by atoms with Crippen molar-refractivity contribution in [1.29, 1.82) is 0 Å². The van der Waals surface area contributed by atoms with Crippen molar-refractivity contribution in [3.8, 4) is 0 Å². The summed E-state index contributed by atoms with van der Waals surface area (Å²) in [6, 6.07) is 6.15. The van der Waals surface area contributed by atoms with Crippen LogP contribution in [0.1, 0.15) is 12.0 Å². The Labute approximate surface area is 157 Å². The lowest BCUT2D eigenvalue weighted by Crippen LogP contribution is -2.44. The third kappa shape index (κ3) is 7.90. The number of halogens is 2. The Bertz CT molecular complexity index is 498. The molecule has 1 heterocycles. The van der Waals surface area contributed by atoms with Gasteiger partial charge in [0.15, 0.2) is 0 Å². The summed E-state index contributed by atoms with van der Waals surface area (Å²) in [5.74, 6) is 0.600.